The maximum Gasteiger partial charge on any atom is 0.308 e. The van der Waals surface area contributed by atoms with Crippen LogP contribution in [0.15, 0.2) is 18.3 Å². The van der Waals surface area contributed by atoms with Crippen LogP contribution in [0.5, 0.6) is 0 Å². The van der Waals surface area contributed by atoms with E-state index in [0.29, 0.717) is 18.5 Å². The van der Waals surface area contributed by atoms with Crippen LogP contribution in [0.25, 0.3) is 0 Å². The van der Waals surface area contributed by atoms with E-state index < -0.39 is 11.9 Å². The van der Waals surface area contributed by atoms with Crippen LogP contribution in [0.4, 0.5) is 5.69 Å². The number of carboxylic acid groups (broad SMARTS) is 1. The third kappa shape index (κ3) is 4.21. The Balaban J connectivity index is 3.02. The first-order chi connectivity index (χ1) is 8.97. The quantitative estimate of drug-likeness (QED) is 0.815. The molecule has 1 unspecified atom stereocenters. The Hall–Kier alpha value is -1.62. The van der Waals surface area contributed by atoms with Gasteiger partial charge in [-0.05, 0) is 18.6 Å². The zero-order valence-electron chi connectivity index (χ0n) is 11.0. The van der Waals surface area contributed by atoms with Crippen molar-refractivity contribution in [1.29, 1.82) is 0 Å². The molecule has 0 fully saturated rings. The number of aromatic nitrogens is 1. The summed E-state index contributed by atoms with van der Waals surface area (Å²) >= 11 is 5.97. The molecule has 0 bridgehead atoms. The second-order valence-corrected chi connectivity index (χ2v) is 4.66. The van der Waals surface area contributed by atoms with Crippen molar-refractivity contribution in [1.82, 2.24) is 4.98 Å². The average molecular weight is 285 g/mol. The van der Waals surface area contributed by atoms with Crippen LogP contribution in [0.3, 0.4) is 0 Å². The second kappa shape index (κ2) is 7.09. The predicted molar refractivity (Wildman–Crippen MR) is 73.3 cm³/mol. The summed E-state index contributed by atoms with van der Waals surface area (Å²) in [7, 11) is 0. The number of halogens is 1. The van der Waals surface area contributed by atoms with Crippen molar-refractivity contribution in [3.05, 3.63) is 23.5 Å². The van der Waals surface area contributed by atoms with Crippen molar-refractivity contribution >= 4 is 29.2 Å². The van der Waals surface area contributed by atoms with Gasteiger partial charge in [0.2, 0.25) is 5.91 Å². The lowest BCUT2D eigenvalue weighted by molar-refractivity contribution is -0.140. The SMILES string of the molecule is CCCC(=O)N(CC(C)C(=O)O)c1cccnc1Cl. The van der Waals surface area contributed by atoms with E-state index in [1.807, 2.05) is 6.92 Å². The fourth-order valence-electron chi connectivity index (χ4n) is 1.61. The number of carbonyl (C=O) groups is 2. The van der Waals surface area contributed by atoms with Gasteiger partial charge >= 0.3 is 5.97 Å². The van der Waals surface area contributed by atoms with Gasteiger partial charge in [-0.2, -0.15) is 0 Å². The van der Waals surface area contributed by atoms with Gasteiger partial charge in [0.15, 0.2) is 5.15 Å². The van der Waals surface area contributed by atoms with Crippen LogP contribution in [0, 0.1) is 5.92 Å². The Kier molecular flexibility index (Phi) is 5.76. The van der Waals surface area contributed by atoms with Crippen LogP contribution in [-0.4, -0.2) is 28.5 Å². The molecule has 19 heavy (non-hydrogen) atoms. The van der Waals surface area contributed by atoms with Gasteiger partial charge in [0.25, 0.3) is 0 Å². The largest absolute Gasteiger partial charge is 0.481 e. The standard InChI is InChI=1S/C13H17ClN2O3/c1-3-5-11(17)16(8-9(2)13(18)19)10-6-4-7-15-12(10)14/h4,6-7,9H,3,5,8H2,1-2H3,(H,18,19). The van der Waals surface area contributed by atoms with Crippen LogP contribution in [0.1, 0.15) is 26.7 Å². The van der Waals surface area contributed by atoms with Crippen molar-refractivity contribution < 1.29 is 14.7 Å². The number of carboxylic acids is 1. The smallest absolute Gasteiger partial charge is 0.308 e. The highest BCUT2D eigenvalue weighted by molar-refractivity contribution is 6.32. The molecule has 1 atom stereocenters. The van der Waals surface area contributed by atoms with E-state index in [1.54, 1.807) is 19.1 Å². The van der Waals surface area contributed by atoms with Crippen molar-refractivity contribution in [3.8, 4) is 0 Å². The molecule has 0 radical (unpaired) electrons. The highest BCUT2D eigenvalue weighted by atomic mass is 35.5. The first-order valence-corrected chi connectivity index (χ1v) is 6.48. The average Bonchev–Trinajstić information content (AvgIpc) is 2.36. The highest BCUT2D eigenvalue weighted by Gasteiger charge is 2.23. The number of hydrogen-bond donors (Lipinski definition) is 1. The molecule has 0 saturated heterocycles. The molecule has 0 aliphatic heterocycles. The van der Waals surface area contributed by atoms with Gasteiger partial charge in [-0.15, -0.1) is 0 Å². The summed E-state index contributed by atoms with van der Waals surface area (Å²) in [6.45, 7) is 3.53. The number of pyridine rings is 1. The second-order valence-electron chi connectivity index (χ2n) is 4.31. The Bertz CT molecular complexity index is 465. The molecule has 0 saturated carbocycles. The maximum atomic E-state index is 12.1. The molecule has 1 rings (SSSR count). The van der Waals surface area contributed by atoms with Gasteiger partial charge in [-0.3, -0.25) is 9.59 Å². The first-order valence-electron chi connectivity index (χ1n) is 6.11. The molecule has 104 valence electrons. The summed E-state index contributed by atoms with van der Waals surface area (Å²) in [6, 6.07) is 3.33. The summed E-state index contributed by atoms with van der Waals surface area (Å²) in [5.74, 6) is -1.77. The molecular weight excluding hydrogens is 268 g/mol. The summed E-state index contributed by atoms with van der Waals surface area (Å²) in [4.78, 5) is 28.4. The molecule has 1 N–H and O–H groups in total. The van der Waals surface area contributed by atoms with E-state index in [2.05, 4.69) is 4.98 Å². The van der Waals surface area contributed by atoms with E-state index in [0.717, 1.165) is 0 Å². The van der Waals surface area contributed by atoms with Gasteiger partial charge in [-0.25, -0.2) is 4.98 Å². The molecule has 1 aromatic heterocycles. The third-order valence-electron chi connectivity index (χ3n) is 2.67. The molecule has 5 nitrogen and oxygen atoms in total. The van der Waals surface area contributed by atoms with E-state index in [9.17, 15) is 9.59 Å². The fourth-order valence-corrected chi connectivity index (χ4v) is 1.84. The molecule has 1 heterocycles. The zero-order valence-corrected chi connectivity index (χ0v) is 11.7. The van der Waals surface area contributed by atoms with Gasteiger partial charge in [0.1, 0.15) is 0 Å². The number of aliphatic carboxylic acids is 1. The Labute approximate surface area is 117 Å². The normalized spacial score (nSPS) is 11.9. The van der Waals surface area contributed by atoms with Crippen LogP contribution in [-0.2, 0) is 9.59 Å². The van der Waals surface area contributed by atoms with Gasteiger partial charge in [0, 0.05) is 19.2 Å². The summed E-state index contributed by atoms with van der Waals surface area (Å²) in [6.07, 6.45) is 2.56. The van der Waals surface area contributed by atoms with Crippen LogP contribution >= 0.6 is 11.6 Å². The van der Waals surface area contributed by atoms with Gasteiger partial charge < -0.3 is 10.0 Å². The highest BCUT2D eigenvalue weighted by Crippen LogP contribution is 2.24. The van der Waals surface area contributed by atoms with E-state index in [1.165, 1.54) is 11.1 Å². The number of rotatable bonds is 6. The Morgan fingerprint density at radius 2 is 2.21 bits per heavy atom. The minimum absolute atomic E-state index is 0.0829. The topological polar surface area (TPSA) is 70.5 Å². The summed E-state index contributed by atoms with van der Waals surface area (Å²) in [5, 5.41) is 9.17. The number of amides is 1. The van der Waals surface area contributed by atoms with Crippen molar-refractivity contribution in [2.75, 3.05) is 11.4 Å². The summed E-state index contributed by atoms with van der Waals surface area (Å²) in [5.41, 5.74) is 0.454. The lowest BCUT2D eigenvalue weighted by Crippen LogP contribution is -2.37. The number of carbonyl (C=O) groups excluding carboxylic acids is 1. The zero-order chi connectivity index (χ0) is 14.4. The number of nitrogens with zero attached hydrogens (tertiary/aromatic N) is 2. The summed E-state index contributed by atoms with van der Waals surface area (Å²) < 4.78 is 0. The fraction of sp³-hybridized carbons (Fsp3) is 0.462. The minimum Gasteiger partial charge on any atom is -0.481 e. The number of anilines is 1. The van der Waals surface area contributed by atoms with Crippen molar-refractivity contribution in [2.45, 2.75) is 26.7 Å². The Morgan fingerprint density at radius 1 is 1.53 bits per heavy atom. The first kappa shape index (κ1) is 15.4. The lowest BCUT2D eigenvalue weighted by Gasteiger charge is -2.25. The molecule has 0 aliphatic carbocycles. The predicted octanol–water partition coefficient (Wildman–Crippen LogP) is 2.59. The number of hydrogen-bond acceptors (Lipinski definition) is 3. The maximum absolute atomic E-state index is 12.1. The molecule has 0 aromatic carbocycles. The van der Waals surface area contributed by atoms with Crippen molar-refractivity contribution in [3.63, 3.8) is 0 Å². The molecule has 0 aliphatic rings. The monoisotopic (exact) mass is 284 g/mol. The molecule has 1 amide bonds. The molecule has 6 heteroatoms. The van der Waals surface area contributed by atoms with Crippen LogP contribution in [0.2, 0.25) is 5.15 Å². The van der Waals surface area contributed by atoms with E-state index >= 15 is 0 Å². The lowest BCUT2D eigenvalue weighted by atomic mass is 10.1. The molecule has 0 spiro atoms. The minimum atomic E-state index is -0.950. The van der Waals surface area contributed by atoms with Gasteiger partial charge in [-0.1, -0.05) is 25.4 Å². The Morgan fingerprint density at radius 3 is 2.74 bits per heavy atom. The van der Waals surface area contributed by atoms with Crippen molar-refractivity contribution in [2.24, 2.45) is 5.92 Å². The van der Waals surface area contributed by atoms with Gasteiger partial charge in [0.05, 0.1) is 11.6 Å². The van der Waals surface area contributed by atoms with E-state index in [4.69, 9.17) is 16.7 Å². The third-order valence-corrected chi connectivity index (χ3v) is 2.96. The molecule has 1 aromatic rings. The molecular formula is C13H17ClN2O3. The van der Waals surface area contributed by atoms with Crippen LogP contribution < -0.4 is 4.90 Å². The van der Waals surface area contributed by atoms with E-state index in [-0.39, 0.29) is 17.6 Å².